The maximum absolute atomic E-state index is 13.1. The van der Waals surface area contributed by atoms with Crippen molar-refractivity contribution in [3.8, 4) is 28.7 Å². The summed E-state index contributed by atoms with van der Waals surface area (Å²) in [5.74, 6) is -0.0353. The molecule has 2 aromatic carbocycles. The number of nitrogens with zero attached hydrogens (tertiary/aromatic N) is 2. The van der Waals surface area contributed by atoms with Gasteiger partial charge in [-0.1, -0.05) is 12.1 Å². The second-order valence-corrected chi connectivity index (χ2v) is 7.51. The highest BCUT2D eigenvalue weighted by atomic mass is 16.5. The molecule has 4 aromatic rings. The lowest BCUT2D eigenvalue weighted by Gasteiger charge is -2.26. The Labute approximate surface area is 188 Å². The van der Waals surface area contributed by atoms with Gasteiger partial charge in [0.15, 0.2) is 5.75 Å². The Morgan fingerprint density at radius 1 is 1.15 bits per heavy atom. The second-order valence-electron chi connectivity index (χ2n) is 7.51. The molecule has 0 bridgehead atoms. The number of pyridine rings is 1. The minimum absolute atomic E-state index is 0.0805. The molecule has 33 heavy (non-hydrogen) atoms. The van der Waals surface area contributed by atoms with Gasteiger partial charge < -0.3 is 25.4 Å². The van der Waals surface area contributed by atoms with E-state index in [0.29, 0.717) is 28.0 Å². The fourth-order valence-corrected chi connectivity index (χ4v) is 4.12. The predicted octanol–water partition coefficient (Wildman–Crippen LogP) is 3.66. The van der Waals surface area contributed by atoms with Crippen LogP contribution in [0.5, 0.6) is 11.5 Å². The van der Waals surface area contributed by atoms with Crippen molar-refractivity contribution in [3.63, 3.8) is 0 Å². The lowest BCUT2D eigenvalue weighted by Crippen LogP contribution is -2.26. The van der Waals surface area contributed by atoms with E-state index in [4.69, 9.17) is 25.4 Å². The monoisotopic (exact) mass is 438 g/mol. The van der Waals surface area contributed by atoms with Crippen molar-refractivity contribution < 1.29 is 13.9 Å². The highest BCUT2D eigenvalue weighted by molar-refractivity contribution is 5.88. The molecule has 8 nitrogen and oxygen atoms in total. The van der Waals surface area contributed by atoms with Gasteiger partial charge in [0.2, 0.25) is 5.88 Å². The van der Waals surface area contributed by atoms with Crippen LogP contribution >= 0.6 is 0 Å². The largest absolute Gasteiger partial charge is 0.496 e. The second kappa shape index (κ2) is 7.73. The third kappa shape index (κ3) is 3.23. The summed E-state index contributed by atoms with van der Waals surface area (Å²) in [4.78, 5) is 17.3. The summed E-state index contributed by atoms with van der Waals surface area (Å²) < 4.78 is 16.9. The number of nitriles is 1. The van der Waals surface area contributed by atoms with E-state index in [1.54, 1.807) is 49.8 Å². The lowest BCUT2D eigenvalue weighted by atomic mass is 9.82. The van der Waals surface area contributed by atoms with Gasteiger partial charge in [0.05, 0.1) is 24.0 Å². The first-order valence-corrected chi connectivity index (χ1v) is 10.0. The SMILES string of the molecule is COc1ccc(C2C(C#N)=C(N)Oc3c2c(=O)oc2ccc(N)cc32)cc1-c1cccnc1. The number of methoxy groups -OCH3 is 1. The number of hydrogen-bond acceptors (Lipinski definition) is 8. The third-order valence-electron chi connectivity index (χ3n) is 5.62. The van der Waals surface area contributed by atoms with Crippen LogP contribution in [0.3, 0.4) is 0 Å². The van der Waals surface area contributed by atoms with Crippen LogP contribution in [0.4, 0.5) is 5.69 Å². The Morgan fingerprint density at radius 2 is 2.00 bits per heavy atom. The number of allylic oxidation sites excluding steroid dienone is 1. The first-order valence-electron chi connectivity index (χ1n) is 10.0. The van der Waals surface area contributed by atoms with Crippen molar-refractivity contribution in [3.05, 3.63) is 93.9 Å². The van der Waals surface area contributed by atoms with Gasteiger partial charge in [0.1, 0.15) is 23.0 Å². The van der Waals surface area contributed by atoms with Crippen LogP contribution in [-0.4, -0.2) is 12.1 Å². The van der Waals surface area contributed by atoms with Gasteiger partial charge in [-0.25, -0.2) is 4.79 Å². The fourth-order valence-electron chi connectivity index (χ4n) is 4.12. The number of benzene rings is 2. The molecule has 1 aliphatic heterocycles. The summed E-state index contributed by atoms with van der Waals surface area (Å²) in [5, 5.41) is 10.4. The molecule has 5 rings (SSSR count). The molecule has 4 N–H and O–H groups in total. The zero-order valence-corrected chi connectivity index (χ0v) is 17.5. The van der Waals surface area contributed by atoms with Crippen LogP contribution in [0.2, 0.25) is 0 Å². The van der Waals surface area contributed by atoms with E-state index in [2.05, 4.69) is 11.1 Å². The van der Waals surface area contributed by atoms with E-state index < -0.39 is 11.5 Å². The third-order valence-corrected chi connectivity index (χ3v) is 5.62. The van der Waals surface area contributed by atoms with Crippen molar-refractivity contribution in [2.45, 2.75) is 5.92 Å². The summed E-state index contributed by atoms with van der Waals surface area (Å²) in [6, 6.07) is 16.1. The van der Waals surface area contributed by atoms with Gasteiger partial charge in [-0.05, 0) is 42.0 Å². The number of rotatable bonds is 3. The predicted molar refractivity (Wildman–Crippen MR) is 122 cm³/mol. The quantitative estimate of drug-likeness (QED) is 0.365. The van der Waals surface area contributed by atoms with Crippen LogP contribution < -0.4 is 26.6 Å². The zero-order chi connectivity index (χ0) is 23.1. The molecule has 8 heteroatoms. The molecular formula is C25H18N4O4. The fraction of sp³-hybridized carbons (Fsp3) is 0.0800. The molecule has 0 amide bonds. The first-order chi connectivity index (χ1) is 16.0. The molecule has 0 aliphatic carbocycles. The van der Waals surface area contributed by atoms with E-state index in [1.807, 2.05) is 18.2 Å². The van der Waals surface area contributed by atoms with E-state index in [0.717, 1.165) is 11.1 Å². The van der Waals surface area contributed by atoms with Gasteiger partial charge in [0.25, 0.3) is 0 Å². The molecule has 1 aliphatic rings. The van der Waals surface area contributed by atoms with Crippen LogP contribution in [0.15, 0.2) is 81.6 Å². The Morgan fingerprint density at radius 3 is 2.73 bits per heavy atom. The molecule has 162 valence electrons. The van der Waals surface area contributed by atoms with Crippen molar-refractivity contribution in [2.24, 2.45) is 5.73 Å². The maximum Gasteiger partial charge on any atom is 0.344 e. The highest BCUT2D eigenvalue weighted by Gasteiger charge is 2.36. The Balaban J connectivity index is 1.81. The highest BCUT2D eigenvalue weighted by Crippen LogP contribution is 2.45. The van der Waals surface area contributed by atoms with Crippen molar-refractivity contribution in [1.29, 1.82) is 5.26 Å². The van der Waals surface area contributed by atoms with Crippen LogP contribution in [0.1, 0.15) is 17.0 Å². The molecule has 1 unspecified atom stereocenters. The molecule has 0 saturated carbocycles. The van der Waals surface area contributed by atoms with Crippen molar-refractivity contribution >= 4 is 16.7 Å². The number of ether oxygens (including phenoxy) is 2. The number of hydrogen-bond donors (Lipinski definition) is 2. The molecule has 0 spiro atoms. The summed E-state index contributed by atoms with van der Waals surface area (Å²) in [6.45, 7) is 0. The number of nitrogens with two attached hydrogens (primary N) is 2. The van der Waals surface area contributed by atoms with E-state index >= 15 is 0 Å². The van der Waals surface area contributed by atoms with Crippen LogP contribution in [0.25, 0.3) is 22.1 Å². The zero-order valence-electron chi connectivity index (χ0n) is 17.5. The first kappa shape index (κ1) is 20.2. The van der Waals surface area contributed by atoms with Crippen molar-refractivity contribution in [2.75, 3.05) is 12.8 Å². The molecule has 3 heterocycles. The Kier molecular flexibility index (Phi) is 4.72. The normalized spacial score (nSPS) is 15.0. The smallest absolute Gasteiger partial charge is 0.344 e. The summed E-state index contributed by atoms with van der Waals surface area (Å²) in [7, 11) is 1.57. The number of aromatic nitrogens is 1. The molecule has 0 fully saturated rings. The Hall–Kier alpha value is -4.77. The molecule has 1 atom stereocenters. The van der Waals surface area contributed by atoms with Gasteiger partial charge in [-0.3, -0.25) is 4.98 Å². The summed E-state index contributed by atoms with van der Waals surface area (Å²) in [5.41, 5.74) is 14.8. The van der Waals surface area contributed by atoms with Gasteiger partial charge in [0, 0.05) is 29.2 Å². The van der Waals surface area contributed by atoms with E-state index in [1.165, 1.54) is 0 Å². The summed E-state index contributed by atoms with van der Waals surface area (Å²) in [6.07, 6.45) is 3.38. The average molecular weight is 438 g/mol. The topological polar surface area (TPSA) is 137 Å². The number of nitrogen functional groups attached to an aromatic ring is 1. The standard InChI is InChI=1S/C25H18N4O4/c1-31-19-6-4-13(9-16(19)14-3-2-8-29-12-14)21-18(11-26)24(28)33-23-17-10-15(27)5-7-20(17)32-25(30)22(21)23/h2-10,12,21H,27-28H2,1H3. The summed E-state index contributed by atoms with van der Waals surface area (Å²) >= 11 is 0. The molecular weight excluding hydrogens is 420 g/mol. The maximum atomic E-state index is 13.1. The minimum atomic E-state index is -0.804. The minimum Gasteiger partial charge on any atom is -0.496 e. The average Bonchev–Trinajstić information content (AvgIpc) is 2.84. The van der Waals surface area contributed by atoms with Crippen molar-refractivity contribution in [1.82, 2.24) is 4.98 Å². The van der Waals surface area contributed by atoms with E-state index in [-0.39, 0.29) is 22.8 Å². The van der Waals surface area contributed by atoms with Crippen LogP contribution in [0, 0.1) is 11.3 Å². The molecule has 0 saturated heterocycles. The van der Waals surface area contributed by atoms with E-state index in [9.17, 15) is 10.1 Å². The van der Waals surface area contributed by atoms with Gasteiger partial charge in [-0.2, -0.15) is 5.26 Å². The van der Waals surface area contributed by atoms with Gasteiger partial charge >= 0.3 is 5.63 Å². The molecule has 0 radical (unpaired) electrons. The lowest BCUT2D eigenvalue weighted by molar-refractivity contribution is 0.388. The Bertz CT molecular complexity index is 1530. The molecule has 2 aromatic heterocycles. The number of fused-ring (bicyclic) bond motifs is 3. The van der Waals surface area contributed by atoms with Gasteiger partial charge in [-0.15, -0.1) is 0 Å². The number of anilines is 1. The van der Waals surface area contributed by atoms with Crippen LogP contribution in [-0.2, 0) is 0 Å².